The van der Waals surface area contributed by atoms with E-state index in [4.69, 9.17) is 4.74 Å². The minimum atomic E-state index is -1.96. The highest BCUT2D eigenvalue weighted by Gasteiger charge is 2.31. The molecule has 0 fully saturated rings. The SMILES string of the molecule is Cc1ccc(F)c(OCC(O)(CF)c2ccc3c(cnn3-c3ccc(F)cc3)c2)c1. The van der Waals surface area contributed by atoms with Gasteiger partial charge >= 0.3 is 0 Å². The molecule has 1 heterocycles. The van der Waals surface area contributed by atoms with Crippen molar-refractivity contribution in [2.75, 3.05) is 13.3 Å². The molecule has 154 valence electrons. The van der Waals surface area contributed by atoms with Gasteiger partial charge in [0.1, 0.15) is 19.1 Å². The zero-order valence-corrected chi connectivity index (χ0v) is 16.1. The van der Waals surface area contributed by atoms with Crippen molar-refractivity contribution < 1.29 is 23.0 Å². The van der Waals surface area contributed by atoms with E-state index in [0.29, 0.717) is 16.6 Å². The fraction of sp³-hybridized carbons (Fsp3) is 0.174. The summed E-state index contributed by atoms with van der Waals surface area (Å²) in [5, 5.41) is 15.8. The Bertz CT molecular complexity index is 1190. The van der Waals surface area contributed by atoms with Crippen LogP contribution in [0.1, 0.15) is 11.1 Å². The molecule has 30 heavy (non-hydrogen) atoms. The smallest absolute Gasteiger partial charge is 0.165 e. The molecule has 1 atom stereocenters. The third kappa shape index (κ3) is 3.76. The molecule has 0 bridgehead atoms. The second kappa shape index (κ2) is 7.84. The van der Waals surface area contributed by atoms with Gasteiger partial charge < -0.3 is 9.84 Å². The molecule has 0 saturated carbocycles. The van der Waals surface area contributed by atoms with Crippen LogP contribution in [0.3, 0.4) is 0 Å². The lowest BCUT2D eigenvalue weighted by atomic mass is 9.95. The molecule has 0 radical (unpaired) electrons. The summed E-state index contributed by atoms with van der Waals surface area (Å²) in [6.45, 7) is 0.208. The molecule has 0 aliphatic carbocycles. The van der Waals surface area contributed by atoms with E-state index in [9.17, 15) is 18.3 Å². The molecule has 4 nitrogen and oxygen atoms in total. The Morgan fingerprint density at radius 3 is 2.53 bits per heavy atom. The minimum Gasteiger partial charge on any atom is -0.487 e. The quantitative estimate of drug-likeness (QED) is 0.493. The predicted molar refractivity (Wildman–Crippen MR) is 108 cm³/mol. The van der Waals surface area contributed by atoms with Crippen molar-refractivity contribution in [3.8, 4) is 11.4 Å². The van der Waals surface area contributed by atoms with Crippen molar-refractivity contribution in [2.45, 2.75) is 12.5 Å². The lowest BCUT2D eigenvalue weighted by Crippen LogP contribution is -2.35. The fourth-order valence-electron chi connectivity index (χ4n) is 3.23. The molecular weight excluding hydrogens is 393 g/mol. The Labute approximate surface area is 171 Å². The largest absolute Gasteiger partial charge is 0.487 e. The van der Waals surface area contributed by atoms with Crippen LogP contribution in [0.5, 0.6) is 5.75 Å². The van der Waals surface area contributed by atoms with Gasteiger partial charge in [-0.1, -0.05) is 12.1 Å². The Morgan fingerprint density at radius 1 is 1.03 bits per heavy atom. The Morgan fingerprint density at radius 2 is 1.80 bits per heavy atom. The van der Waals surface area contributed by atoms with E-state index in [0.717, 1.165) is 5.56 Å². The fourth-order valence-corrected chi connectivity index (χ4v) is 3.23. The molecule has 1 aromatic heterocycles. The molecule has 1 N–H and O–H groups in total. The van der Waals surface area contributed by atoms with Crippen molar-refractivity contribution in [2.24, 2.45) is 0 Å². The number of benzene rings is 3. The average molecular weight is 412 g/mol. The molecule has 4 aromatic rings. The van der Waals surface area contributed by atoms with Crippen LogP contribution in [-0.2, 0) is 5.60 Å². The number of aryl methyl sites for hydroxylation is 1. The van der Waals surface area contributed by atoms with E-state index >= 15 is 0 Å². The van der Waals surface area contributed by atoms with E-state index in [1.54, 1.807) is 54.2 Å². The first-order valence-electron chi connectivity index (χ1n) is 9.31. The highest BCUT2D eigenvalue weighted by Crippen LogP contribution is 2.29. The first kappa shape index (κ1) is 20.0. The number of rotatable bonds is 6. The van der Waals surface area contributed by atoms with E-state index in [1.165, 1.54) is 24.3 Å². The number of hydrogen-bond donors (Lipinski definition) is 1. The van der Waals surface area contributed by atoms with Crippen LogP contribution < -0.4 is 4.74 Å². The molecule has 0 saturated heterocycles. The third-order valence-corrected chi connectivity index (χ3v) is 4.95. The van der Waals surface area contributed by atoms with Gasteiger partial charge in [0.05, 0.1) is 17.4 Å². The minimum absolute atomic E-state index is 0.0490. The van der Waals surface area contributed by atoms with Crippen LogP contribution in [-0.4, -0.2) is 28.2 Å². The summed E-state index contributed by atoms with van der Waals surface area (Å²) in [6.07, 6.45) is 1.57. The number of nitrogens with zero attached hydrogens (tertiary/aromatic N) is 2. The van der Waals surface area contributed by atoms with Crippen molar-refractivity contribution in [3.63, 3.8) is 0 Å². The average Bonchev–Trinajstić information content (AvgIpc) is 3.18. The van der Waals surface area contributed by atoms with Crippen LogP contribution in [0.2, 0.25) is 0 Å². The van der Waals surface area contributed by atoms with Gasteiger partial charge in [-0.2, -0.15) is 5.10 Å². The van der Waals surface area contributed by atoms with Gasteiger partial charge in [0.2, 0.25) is 0 Å². The van der Waals surface area contributed by atoms with Gasteiger partial charge in [0.25, 0.3) is 0 Å². The highest BCUT2D eigenvalue weighted by atomic mass is 19.1. The Hall–Kier alpha value is -3.32. The maximum atomic E-state index is 13.9. The first-order valence-corrected chi connectivity index (χ1v) is 9.31. The highest BCUT2D eigenvalue weighted by molar-refractivity contribution is 5.81. The van der Waals surface area contributed by atoms with Crippen molar-refractivity contribution in [3.05, 3.63) is 89.6 Å². The molecule has 1 unspecified atom stereocenters. The Kier molecular flexibility index (Phi) is 5.22. The summed E-state index contributed by atoms with van der Waals surface area (Å²) in [7, 11) is 0. The van der Waals surface area contributed by atoms with Crippen LogP contribution in [0, 0.1) is 18.6 Å². The van der Waals surface area contributed by atoms with Crippen molar-refractivity contribution in [1.82, 2.24) is 9.78 Å². The molecule has 0 spiro atoms. The maximum absolute atomic E-state index is 13.9. The number of aromatic nitrogens is 2. The molecular formula is C23H19F3N2O2. The molecule has 0 aliphatic rings. The number of aliphatic hydroxyl groups is 1. The topological polar surface area (TPSA) is 47.3 Å². The zero-order chi connectivity index (χ0) is 21.3. The number of hydrogen-bond acceptors (Lipinski definition) is 3. The summed E-state index contributed by atoms with van der Waals surface area (Å²) < 4.78 is 48.0. The normalized spacial score (nSPS) is 13.4. The molecule has 0 amide bonds. The maximum Gasteiger partial charge on any atom is 0.165 e. The van der Waals surface area contributed by atoms with E-state index in [-0.39, 0.29) is 17.1 Å². The van der Waals surface area contributed by atoms with Gasteiger partial charge in [0, 0.05) is 5.39 Å². The van der Waals surface area contributed by atoms with Crippen LogP contribution in [0.4, 0.5) is 13.2 Å². The number of alkyl halides is 1. The summed E-state index contributed by atoms with van der Waals surface area (Å²) in [5.41, 5.74) is 0.479. The van der Waals surface area contributed by atoms with Gasteiger partial charge in [-0.3, -0.25) is 0 Å². The number of fused-ring (bicyclic) bond motifs is 1. The molecule has 0 aliphatic heterocycles. The summed E-state index contributed by atoms with van der Waals surface area (Å²) in [6, 6.07) is 15.1. The van der Waals surface area contributed by atoms with Crippen LogP contribution in [0.25, 0.3) is 16.6 Å². The lowest BCUT2D eigenvalue weighted by Gasteiger charge is -2.26. The first-order chi connectivity index (χ1) is 14.4. The molecule has 4 rings (SSSR count). The van der Waals surface area contributed by atoms with Crippen LogP contribution in [0.15, 0.2) is 66.9 Å². The summed E-state index contributed by atoms with van der Waals surface area (Å²) in [5.74, 6) is -0.986. The summed E-state index contributed by atoms with van der Waals surface area (Å²) >= 11 is 0. The van der Waals surface area contributed by atoms with E-state index in [1.807, 2.05) is 0 Å². The second-order valence-electron chi connectivity index (χ2n) is 7.19. The Balaban J connectivity index is 1.63. The van der Waals surface area contributed by atoms with Gasteiger partial charge in [-0.25, -0.2) is 17.9 Å². The van der Waals surface area contributed by atoms with Gasteiger partial charge in [0.15, 0.2) is 17.2 Å². The predicted octanol–water partition coefficient (Wildman–Crippen LogP) is 4.85. The number of halogens is 3. The standard InChI is InChI=1S/C23H19F3N2O2/c1-15-2-8-20(26)22(10-15)30-14-23(29,13-24)17-3-9-21-16(11-17)12-27-28(21)19-6-4-18(25)5-7-19/h2-12,29H,13-14H2,1H3. The zero-order valence-electron chi connectivity index (χ0n) is 16.1. The molecule has 7 heteroatoms. The van der Waals surface area contributed by atoms with E-state index < -0.39 is 24.7 Å². The lowest BCUT2D eigenvalue weighted by molar-refractivity contribution is -0.0298. The second-order valence-corrected chi connectivity index (χ2v) is 7.19. The van der Waals surface area contributed by atoms with Crippen molar-refractivity contribution in [1.29, 1.82) is 0 Å². The summed E-state index contributed by atoms with van der Waals surface area (Å²) in [4.78, 5) is 0. The van der Waals surface area contributed by atoms with Gasteiger partial charge in [-0.15, -0.1) is 0 Å². The van der Waals surface area contributed by atoms with Gasteiger partial charge in [-0.05, 0) is 66.6 Å². The molecule has 3 aromatic carbocycles. The van der Waals surface area contributed by atoms with Crippen molar-refractivity contribution >= 4 is 10.9 Å². The third-order valence-electron chi connectivity index (χ3n) is 4.95. The monoisotopic (exact) mass is 412 g/mol. The number of ether oxygens (including phenoxy) is 1. The van der Waals surface area contributed by atoms with Crippen LogP contribution >= 0.6 is 0 Å². The van der Waals surface area contributed by atoms with E-state index in [2.05, 4.69) is 5.10 Å².